The minimum absolute atomic E-state index is 0.538. The molecule has 2 aromatic carbocycles. The molecule has 0 aliphatic rings. The summed E-state index contributed by atoms with van der Waals surface area (Å²) < 4.78 is 0. The second-order valence-electron chi connectivity index (χ2n) is 4.30. The van der Waals surface area contributed by atoms with Gasteiger partial charge in [-0.25, -0.2) is 0 Å². The third kappa shape index (κ3) is 2.42. The zero-order valence-electron chi connectivity index (χ0n) is 10.0. The first-order valence-corrected chi connectivity index (χ1v) is 6.01. The van der Waals surface area contributed by atoms with Gasteiger partial charge in [-0.2, -0.15) is 0 Å². The number of hydrogen-bond donors (Lipinski definition) is 1. The molecule has 0 bridgehead atoms. The van der Waals surface area contributed by atoms with Crippen LogP contribution in [0.1, 0.15) is 19.4 Å². The minimum atomic E-state index is 0.538. The summed E-state index contributed by atoms with van der Waals surface area (Å²) in [5, 5.41) is 6.18. The molecule has 0 fully saturated rings. The smallest absolute Gasteiger partial charge is 0.00792 e. The molecule has 84 valence electrons. The van der Waals surface area contributed by atoms with Crippen molar-refractivity contribution in [2.24, 2.45) is 0 Å². The van der Waals surface area contributed by atoms with E-state index in [1.54, 1.807) is 0 Å². The molecule has 1 atom stereocenters. The predicted molar refractivity (Wildman–Crippen MR) is 70.8 cm³/mol. The van der Waals surface area contributed by atoms with Gasteiger partial charge in [-0.15, -0.1) is 0 Å². The Bertz CT molecular complexity index is 456. The molecule has 0 spiro atoms. The molecule has 0 aromatic heterocycles. The van der Waals surface area contributed by atoms with Crippen molar-refractivity contribution in [1.82, 2.24) is 5.32 Å². The van der Waals surface area contributed by atoms with Crippen molar-refractivity contribution in [3.05, 3.63) is 48.0 Å². The fourth-order valence-electron chi connectivity index (χ4n) is 2.22. The zero-order valence-corrected chi connectivity index (χ0v) is 10.0. The van der Waals surface area contributed by atoms with Crippen LogP contribution in [0.4, 0.5) is 0 Å². The van der Waals surface area contributed by atoms with E-state index in [4.69, 9.17) is 0 Å². The van der Waals surface area contributed by atoms with Gasteiger partial charge in [-0.3, -0.25) is 0 Å². The summed E-state index contributed by atoms with van der Waals surface area (Å²) in [4.78, 5) is 0. The van der Waals surface area contributed by atoms with Crippen LogP contribution in [-0.2, 0) is 6.42 Å². The first-order chi connectivity index (χ1) is 7.81. The highest BCUT2D eigenvalue weighted by molar-refractivity contribution is 5.85. The van der Waals surface area contributed by atoms with Gasteiger partial charge in [-0.05, 0) is 36.2 Å². The average molecular weight is 213 g/mol. The van der Waals surface area contributed by atoms with E-state index in [9.17, 15) is 0 Å². The van der Waals surface area contributed by atoms with Crippen molar-refractivity contribution in [2.75, 3.05) is 6.54 Å². The molecule has 0 saturated carbocycles. The van der Waals surface area contributed by atoms with Gasteiger partial charge in [0.1, 0.15) is 0 Å². The summed E-state index contributed by atoms with van der Waals surface area (Å²) in [6.45, 7) is 5.43. The zero-order chi connectivity index (χ0) is 11.4. The molecule has 1 unspecified atom stereocenters. The lowest BCUT2D eigenvalue weighted by molar-refractivity contribution is 0.567. The first kappa shape index (κ1) is 11.2. The summed E-state index contributed by atoms with van der Waals surface area (Å²) in [7, 11) is 0. The van der Waals surface area contributed by atoms with Crippen molar-refractivity contribution in [1.29, 1.82) is 0 Å². The van der Waals surface area contributed by atoms with E-state index < -0.39 is 0 Å². The van der Waals surface area contributed by atoms with E-state index in [1.165, 1.54) is 16.3 Å². The summed E-state index contributed by atoms with van der Waals surface area (Å²) in [5.41, 5.74) is 1.44. The normalized spacial score (nSPS) is 12.9. The Morgan fingerprint density at radius 2 is 1.81 bits per heavy atom. The van der Waals surface area contributed by atoms with Crippen LogP contribution in [0.2, 0.25) is 0 Å². The Morgan fingerprint density at radius 3 is 2.62 bits per heavy atom. The Kier molecular flexibility index (Phi) is 3.58. The van der Waals surface area contributed by atoms with Crippen LogP contribution in [0.5, 0.6) is 0 Å². The van der Waals surface area contributed by atoms with Gasteiger partial charge in [0.15, 0.2) is 0 Å². The van der Waals surface area contributed by atoms with Crippen molar-refractivity contribution >= 4 is 10.8 Å². The molecule has 0 radical (unpaired) electrons. The van der Waals surface area contributed by atoms with E-state index in [0.717, 1.165) is 13.0 Å². The standard InChI is InChI=1S/C15H19N/c1-3-16-12(2)11-14-9-6-8-13-7-4-5-10-15(13)14/h4-10,12,16H,3,11H2,1-2H3. The topological polar surface area (TPSA) is 12.0 Å². The summed E-state index contributed by atoms with van der Waals surface area (Å²) in [6.07, 6.45) is 1.09. The molecule has 2 aromatic rings. The van der Waals surface area contributed by atoms with Gasteiger partial charge in [-0.1, -0.05) is 49.4 Å². The largest absolute Gasteiger partial charge is 0.314 e. The van der Waals surface area contributed by atoms with Crippen molar-refractivity contribution < 1.29 is 0 Å². The minimum Gasteiger partial charge on any atom is -0.314 e. The van der Waals surface area contributed by atoms with Gasteiger partial charge in [0.2, 0.25) is 0 Å². The van der Waals surface area contributed by atoms with Crippen molar-refractivity contribution in [3.8, 4) is 0 Å². The van der Waals surface area contributed by atoms with E-state index in [-0.39, 0.29) is 0 Å². The predicted octanol–water partition coefficient (Wildman–Crippen LogP) is 3.38. The van der Waals surface area contributed by atoms with Gasteiger partial charge in [0, 0.05) is 6.04 Å². The highest BCUT2D eigenvalue weighted by Gasteiger charge is 2.04. The lowest BCUT2D eigenvalue weighted by atomic mass is 9.99. The Labute approximate surface area is 97.5 Å². The van der Waals surface area contributed by atoms with Crippen LogP contribution in [0.3, 0.4) is 0 Å². The molecule has 0 saturated heterocycles. The van der Waals surface area contributed by atoms with Crippen LogP contribution >= 0.6 is 0 Å². The quantitative estimate of drug-likeness (QED) is 0.821. The van der Waals surface area contributed by atoms with Crippen molar-refractivity contribution in [2.45, 2.75) is 26.3 Å². The fourth-order valence-corrected chi connectivity index (χ4v) is 2.22. The SMILES string of the molecule is CCNC(C)Cc1cccc2ccccc12. The van der Waals surface area contributed by atoms with Crippen LogP contribution in [0.15, 0.2) is 42.5 Å². The molecule has 2 rings (SSSR count). The van der Waals surface area contributed by atoms with Gasteiger partial charge in [0.05, 0.1) is 0 Å². The third-order valence-electron chi connectivity index (χ3n) is 2.96. The van der Waals surface area contributed by atoms with E-state index in [2.05, 4.69) is 61.6 Å². The highest BCUT2D eigenvalue weighted by atomic mass is 14.9. The summed E-state index contributed by atoms with van der Waals surface area (Å²) >= 11 is 0. The molecule has 0 heterocycles. The average Bonchev–Trinajstić information content (AvgIpc) is 2.30. The van der Waals surface area contributed by atoms with Gasteiger partial charge < -0.3 is 5.32 Å². The van der Waals surface area contributed by atoms with Gasteiger partial charge in [0.25, 0.3) is 0 Å². The Hall–Kier alpha value is -1.34. The van der Waals surface area contributed by atoms with E-state index >= 15 is 0 Å². The molecule has 0 aliphatic carbocycles. The molecule has 1 N–H and O–H groups in total. The number of nitrogens with one attached hydrogen (secondary N) is 1. The van der Waals surface area contributed by atoms with Crippen LogP contribution in [0, 0.1) is 0 Å². The molecular weight excluding hydrogens is 194 g/mol. The Morgan fingerprint density at radius 1 is 1.06 bits per heavy atom. The lowest BCUT2D eigenvalue weighted by Crippen LogP contribution is -2.27. The van der Waals surface area contributed by atoms with Gasteiger partial charge >= 0.3 is 0 Å². The van der Waals surface area contributed by atoms with Crippen LogP contribution in [0.25, 0.3) is 10.8 Å². The molecule has 1 nitrogen and oxygen atoms in total. The third-order valence-corrected chi connectivity index (χ3v) is 2.96. The molecule has 0 amide bonds. The van der Waals surface area contributed by atoms with E-state index in [0.29, 0.717) is 6.04 Å². The number of likely N-dealkylation sites (N-methyl/N-ethyl adjacent to an activating group) is 1. The first-order valence-electron chi connectivity index (χ1n) is 6.01. The number of rotatable bonds is 4. The second-order valence-corrected chi connectivity index (χ2v) is 4.30. The summed E-state index contributed by atoms with van der Waals surface area (Å²) in [5.74, 6) is 0. The summed E-state index contributed by atoms with van der Waals surface area (Å²) in [6, 6.07) is 15.7. The second kappa shape index (κ2) is 5.13. The maximum absolute atomic E-state index is 3.46. The molecule has 16 heavy (non-hydrogen) atoms. The molecular formula is C15H19N. The lowest BCUT2D eigenvalue weighted by Gasteiger charge is -2.13. The van der Waals surface area contributed by atoms with Crippen LogP contribution < -0.4 is 5.32 Å². The van der Waals surface area contributed by atoms with Crippen molar-refractivity contribution in [3.63, 3.8) is 0 Å². The molecule has 1 heteroatoms. The highest BCUT2D eigenvalue weighted by Crippen LogP contribution is 2.19. The maximum Gasteiger partial charge on any atom is 0.00792 e. The van der Waals surface area contributed by atoms with Crippen LogP contribution in [-0.4, -0.2) is 12.6 Å². The fraction of sp³-hybridized carbons (Fsp3) is 0.333. The Balaban J connectivity index is 2.30. The molecule has 0 aliphatic heterocycles. The number of benzene rings is 2. The monoisotopic (exact) mass is 213 g/mol. The maximum atomic E-state index is 3.46. The number of fused-ring (bicyclic) bond motifs is 1. The number of hydrogen-bond acceptors (Lipinski definition) is 1. The van der Waals surface area contributed by atoms with E-state index in [1.807, 2.05) is 0 Å².